The number of carbonyl (C=O) groups excluding carboxylic acids is 5. The fraction of sp³-hybridized carbons (Fsp3) is 0.419. The van der Waals surface area contributed by atoms with E-state index in [2.05, 4.69) is 5.32 Å². The van der Waals surface area contributed by atoms with Gasteiger partial charge in [-0.05, 0) is 62.1 Å². The standard InChI is InChI=1S/C31H31N5O6S/c1-33-15-12-20(17-25(33)37)35-29(41)31(13-14-31)36(30(35)42)28(40)22-11-10-19-7-3-4-8-21(27(39)34(19)22)32-26(38)24-16-18-6-2-5-9-23(18)43-24/h2,5-6,9,12,15-17,19,21-22H,3-4,7-8,10-11,13-14H2,1H3,(H,32,38)/t19-,21-,22-/m0/s1. The van der Waals surface area contributed by atoms with Gasteiger partial charge in [0.1, 0.15) is 17.6 Å². The third-order valence-corrected chi connectivity index (χ3v) is 10.4. The smallest absolute Gasteiger partial charge is 0.339 e. The molecule has 7 rings (SSSR count). The summed E-state index contributed by atoms with van der Waals surface area (Å²) in [6, 6.07) is 9.50. The van der Waals surface area contributed by atoms with E-state index in [9.17, 15) is 28.8 Å². The Morgan fingerprint density at radius 3 is 2.47 bits per heavy atom. The monoisotopic (exact) mass is 601 g/mol. The summed E-state index contributed by atoms with van der Waals surface area (Å²) in [6.45, 7) is 0. The quantitative estimate of drug-likeness (QED) is 0.458. The molecule has 6 amide bonds. The molecule has 1 aliphatic carbocycles. The van der Waals surface area contributed by atoms with Gasteiger partial charge in [-0.15, -0.1) is 11.3 Å². The summed E-state index contributed by atoms with van der Waals surface area (Å²) in [7, 11) is 1.56. The van der Waals surface area contributed by atoms with E-state index in [1.165, 1.54) is 34.2 Å². The number of pyridine rings is 1. The minimum absolute atomic E-state index is 0.121. The summed E-state index contributed by atoms with van der Waals surface area (Å²) >= 11 is 1.36. The van der Waals surface area contributed by atoms with Crippen molar-refractivity contribution < 1.29 is 24.0 Å². The number of amides is 6. The maximum Gasteiger partial charge on any atom is 0.339 e. The lowest BCUT2D eigenvalue weighted by molar-refractivity contribution is -0.147. The molecule has 3 atom stereocenters. The van der Waals surface area contributed by atoms with Crippen LogP contribution in [0.15, 0.2) is 53.5 Å². The second-order valence-corrected chi connectivity index (χ2v) is 13.0. The molecule has 43 heavy (non-hydrogen) atoms. The molecule has 1 saturated carbocycles. The molecule has 222 valence electrons. The zero-order valence-electron chi connectivity index (χ0n) is 23.7. The lowest BCUT2D eigenvalue weighted by atomic mass is 9.99. The first-order valence-electron chi connectivity index (χ1n) is 14.7. The number of nitrogens with one attached hydrogen (secondary N) is 1. The van der Waals surface area contributed by atoms with Crippen LogP contribution in [0.4, 0.5) is 10.5 Å². The van der Waals surface area contributed by atoms with Crippen molar-refractivity contribution >= 4 is 56.8 Å². The molecule has 4 aliphatic rings. The van der Waals surface area contributed by atoms with Gasteiger partial charge in [-0.25, -0.2) is 14.6 Å². The van der Waals surface area contributed by atoms with Gasteiger partial charge in [0.15, 0.2) is 0 Å². The van der Waals surface area contributed by atoms with Gasteiger partial charge in [0.25, 0.3) is 23.3 Å². The lowest BCUT2D eigenvalue weighted by Crippen LogP contribution is -2.58. The van der Waals surface area contributed by atoms with Crippen LogP contribution in [0.5, 0.6) is 0 Å². The predicted molar refractivity (Wildman–Crippen MR) is 159 cm³/mol. The highest BCUT2D eigenvalue weighted by Crippen LogP contribution is 2.50. The molecule has 11 nitrogen and oxygen atoms in total. The number of thiophene rings is 1. The van der Waals surface area contributed by atoms with E-state index in [0.29, 0.717) is 37.0 Å². The van der Waals surface area contributed by atoms with E-state index in [1.54, 1.807) is 11.9 Å². The minimum atomic E-state index is -1.28. The Kier molecular flexibility index (Phi) is 6.49. The van der Waals surface area contributed by atoms with Gasteiger partial charge in [0.2, 0.25) is 5.91 Å². The fourth-order valence-corrected chi connectivity index (χ4v) is 7.79. The predicted octanol–water partition coefficient (Wildman–Crippen LogP) is 3.16. The molecule has 3 aromatic rings. The molecule has 0 unspecified atom stereocenters. The third kappa shape index (κ3) is 4.38. The maximum atomic E-state index is 14.2. The highest BCUT2D eigenvalue weighted by Gasteiger charge is 2.68. The van der Waals surface area contributed by atoms with Crippen LogP contribution in [0.25, 0.3) is 10.1 Å². The molecule has 3 aliphatic heterocycles. The zero-order chi connectivity index (χ0) is 30.0. The molecule has 12 heteroatoms. The molecule has 3 saturated heterocycles. The number of aryl methyl sites for hydroxylation is 1. The van der Waals surface area contributed by atoms with E-state index < -0.39 is 35.5 Å². The van der Waals surface area contributed by atoms with Crippen LogP contribution >= 0.6 is 11.3 Å². The number of nitrogens with zero attached hydrogens (tertiary/aromatic N) is 4. The van der Waals surface area contributed by atoms with E-state index >= 15 is 0 Å². The summed E-state index contributed by atoms with van der Waals surface area (Å²) in [5.41, 5.74) is -1.55. The van der Waals surface area contributed by atoms with Gasteiger partial charge in [0.05, 0.1) is 10.6 Å². The van der Waals surface area contributed by atoms with Gasteiger partial charge in [-0.3, -0.25) is 24.0 Å². The van der Waals surface area contributed by atoms with Gasteiger partial charge < -0.3 is 14.8 Å². The summed E-state index contributed by atoms with van der Waals surface area (Å²) < 4.78 is 2.30. The summed E-state index contributed by atoms with van der Waals surface area (Å²) in [4.78, 5) is 85.1. The maximum absolute atomic E-state index is 14.2. The number of aromatic nitrogens is 1. The molecule has 4 fully saturated rings. The molecule has 0 bridgehead atoms. The van der Waals surface area contributed by atoms with Gasteiger partial charge >= 0.3 is 6.03 Å². The molecule has 0 radical (unpaired) electrons. The molecule has 2 aromatic heterocycles. The summed E-state index contributed by atoms with van der Waals surface area (Å²) in [5, 5.41) is 3.89. The number of fused-ring (bicyclic) bond motifs is 2. The minimum Gasteiger partial charge on any atom is -0.340 e. The van der Waals surface area contributed by atoms with Crippen LogP contribution in [0, 0.1) is 0 Å². The van der Waals surface area contributed by atoms with E-state index in [-0.39, 0.29) is 29.1 Å². The van der Waals surface area contributed by atoms with Crippen molar-refractivity contribution in [2.45, 2.75) is 75.0 Å². The third-order valence-electron chi connectivity index (χ3n) is 9.28. The van der Waals surface area contributed by atoms with Crippen LogP contribution in [0.2, 0.25) is 0 Å². The van der Waals surface area contributed by atoms with Crippen molar-refractivity contribution in [3.05, 3.63) is 63.9 Å². The number of imide groups is 2. The van der Waals surface area contributed by atoms with Crippen molar-refractivity contribution in [3.63, 3.8) is 0 Å². The molecule has 1 N–H and O–H groups in total. The molecule has 1 spiro atoms. The molecular formula is C31H31N5O6S. The zero-order valence-corrected chi connectivity index (χ0v) is 24.5. The van der Waals surface area contributed by atoms with Crippen LogP contribution in [-0.4, -0.2) is 67.7 Å². The molecule has 5 heterocycles. The number of hydrogen-bond donors (Lipinski definition) is 1. The van der Waals surface area contributed by atoms with Crippen LogP contribution < -0.4 is 15.8 Å². The van der Waals surface area contributed by atoms with E-state index in [4.69, 9.17) is 0 Å². The van der Waals surface area contributed by atoms with Gasteiger partial charge in [-0.2, -0.15) is 0 Å². The first-order chi connectivity index (χ1) is 20.7. The average Bonchev–Trinajstić information content (AvgIpc) is 3.39. The number of hydrogen-bond acceptors (Lipinski definition) is 7. The fourth-order valence-electron chi connectivity index (χ4n) is 6.82. The lowest BCUT2D eigenvalue weighted by Gasteiger charge is -2.36. The van der Waals surface area contributed by atoms with Crippen LogP contribution in [0.1, 0.15) is 61.0 Å². The highest BCUT2D eigenvalue weighted by atomic mass is 32.1. The van der Waals surface area contributed by atoms with Gasteiger partial charge in [0, 0.05) is 30.1 Å². The first kappa shape index (κ1) is 27.5. The Balaban J connectivity index is 1.15. The number of rotatable bonds is 4. The van der Waals surface area contributed by atoms with Crippen molar-refractivity contribution in [1.29, 1.82) is 0 Å². The Bertz CT molecular complexity index is 1730. The second kappa shape index (κ2) is 10.1. The number of carbonyl (C=O) groups is 5. The van der Waals surface area contributed by atoms with Crippen LogP contribution in [0.3, 0.4) is 0 Å². The summed E-state index contributed by atoms with van der Waals surface area (Å²) in [5.74, 6) is -1.77. The van der Waals surface area contributed by atoms with Crippen molar-refractivity contribution in [2.75, 3.05) is 4.90 Å². The second-order valence-electron chi connectivity index (χ2n) is 11.9. The Labute approximate surface area is 251 Å². The first-order valence-corrected chi connectivity index (χ1v) is 15.5. The topological polar surface area (TPSA) is 129 Å². The van der Waals surface area contributed by atoms with Crippen LogP contribution in [-0.2, 0) is 21.4 Å². The summed E-state index contributed by atoms with van der Waals surface area (Å²) in [6.07, 6.45) is 5.88. The Morgan fingerprint density at radius 1 is 0.953 bits per heavy atom. The van der Waals surface area contributed by atoms with Crippen molar-refractivity contribution in [1.82, 2.24) is 19.7 Å². The highest BCUT2D eigenvalue weighted by molar-refractivity contribution is 7.20. The van der Waals surface area contributed by atoms with E-state index in [0.717, 1.165) is 39.1 Å². The molecule has 1 aromatic carbocycles. The van der Waals surface area contributed by atoms with E-state index in [1.807, 2.05) is 30.3 Å². The largest absolute Gasteiger partial charge is 0.340 e. The average molecular weight is 602 g/mol. The molecular weight excluding hydrogens is 570 g/mol. The number of benzene rings is 1. The normalized spacial score (nSPS) is 24.8. The number of anilines is 1. The Morgan fingerprint density at radius 2 is 1.72 bits per heavy atom. The van der Waals surface area contributed by atoms with Crippen molar-refractivity contribution in [3.8, 4) is 0 Å². The SMILES string of the molecule is Cn1ccc(N2C(=O)N(C(=O)[C@@H]3CC[C@@H]4CCCC[C@H](NC(=O)c5cc6ccccc6s5)C(=O)N43)C3(CC3)C2=O)cc1=O. The number of urea groups is 1. The Hall–Kier alpha value is -4.32. The van der Waals surface area contributed by atoms with Gasteiger partial charge in [-0.1, -0.05) is 31.0 Å². The van der Waals surface area contributed by atoms with Crippen molar-refractivity contribution in [2.24, 2.45) is 7.05 Å².